The van der Waals surface area contributed by atoms with Gasteiger partial charge in [0.15, 0.2) is 0 Å². The Kier molecular flexibility index (Phi) is 6.32. The van der Waals surface area contributed by atoms with Crippen molar-refractivity contribution >= 4 is 5.91 Å². The number of carbonyl (C=O) groups is 1. The molecular weight excluding hydrogens is 370 g/mol. The maximum Gasteiger partial charge on any atom is 0.234 e. The highest BCUT2D eigenvalue weighted by Gasteiger charge is 2.30. The lowest BCUT2D eigenvalue weighted by Gasteiger charge is -2.35. The monoisotopic (exact) mass is 401 g/mol. The fourth-order valence-electron chi connectivity index (χ4n) is 4.54. The average molecular weight is 402 g/mol. The summed E-state index contributed by atoms with van der Waals surface area (Å²) in [7, 11) is 0. The highest BCUT2D eigenvalue weighted by atomic mass is 16.2. The van der Waals surface area contributed by atoms with E-state index in [1.165, 1.54) is 0 Å². The van der Waals surface area contributed by atoms with Gasteiger partial charge in [-0.2, -0.15) is 0 Å². The fraction of sp³-hybridized carbons (Fsp3) is 0.385. The molecule has 2 heterocycles. The Labute approximate surface area is 179 Å². The van der Waals surface area contributed by atoms with E-state index in [1.807, 2.05) is 42.6 Å². The van der Waals surface area contributed by atoms with Gasteiger partial charge in [-0.25, -0.2) is 4.98 Å². The molecule has 0 spiro atoms. The van der Waals surface area contributed by atoms with Gasteiger partial charge >= 0.3 is 0 Å². The van der Waals surface area contributed by atoms with Gasteiger partial charge in [-0.15, -0.1) is 0 Å². The molecule has 1 fully saturated rings. The predicted molar refractivity (Wildman–Crippen MR) is 120 cm³/mol. The van der Waals surface area contributed by atoms with Crippen LogP contribution in [-0.4, -0.2) is 33.4 Å². The van der Waals surface area contributed by atoms with Crippen LogP contribution in [0.3, 0.4) is 0 Å². The number of hydrogen-bond acceptors (Lipinski definition) is 2. The van der Waals surface area contributed by atoms with Crippen molar-refractivity contribution in [2.24, 2.45) is 5.92 Å². The van der Waals surface area contributed by atoms with E-state index in [0.29, 0.717) is 11.8 Å². The van der Waals surface area contributed by atoms with Crippen LogP contribution in [0, 0.1) is 5.92 Å². The number of benzene rings is 2. The normalized spacial score (nSPS) is 15.1. The van der Waals surface area contributed by atoms with E-state index in [4.69, 9.17) is 0 Å². The number of nitrogens with zero attached hydrogens (tertiary/aromatic N) is 3. The number of imidazole rings is 1. The summed E-state index contributed by atoms with van der Waals surface area (Å²) in [6.45, 7) is 7.02. The van der Waals surface area contributed by atoms with Crippen molar-refractivity contribution in [1.29, 1.82) is 0 Å². The Bertz CT molecular complexity index is 901. The SMILES string of the molecule is CC(C)c1nccn1CC1CCN(C(=O)C(c2ccccc2)c2ccccc2)CC1. The van der Waals surface area contributed by atoms with E-state index in [0.717, 1.165) is 49.4 Å². The second-order valence-electron chi connectivity index (χ2n) is 8.62. The molecule has 1 aliphatic rings. The van der Waals surface area contributed by atoms with Gasteiger partial charge in [-0.1, -0.05) is 74.5 Å². The second kappa shape index (κ2) is 9.29. The summed E-state index contributed by atoms with van der Waals surface area (Å²) in [5, 5.41) is 0. The van der Waals surface area contributed by atoms with E-state index in [2.05, 4.69) is 58.8 Å². The molecule has 3 aromatic rings. The molecule has 0 radical (unpaired) electrons. The third-order valence-electron chi connectivity index (χ3n) is 6.16. The standard InChI is InChI=1S/C26H31N3O/c1-20(2)25-27-15-18-29(25)19-21-13-16-28(17-14-21)26(30)24(22-9-5-3-6-10-22)23-11-7-4-8-12-23/h3-12,15,18,20-21,24H,13-14,16-17,19H2,1-2H3. The van der Waals surface area contributed by atoms with Crippen molar-refractivity contribution in [2.75, 3.05) is 13.1 Å². The average Bonchev–Trinajstić information content (AvgIpc) is 3.24. The summed E-state index contributed by atoms with van der Waals surface area (Å²) < 4.78 is 2.30. The van der Waals surface area contributed by atoms with Crippen molar-refractivity contribution in [3.05, 3.63) is 90.0 Å². The molecule has 0 bridgehead atoms. The molecule has 156 valence electrons. The molecule has 4 heteroatoms. The van der Waals surface area contributed by atoms with Crippen molar-refractivity contribution < 1.29 is 4.79 Å². The number of piperidine rings is 1. The minimum atomic E-state index is -0.231. The summed E-state index contributed by atoms with van der Waals surface area (Å²) in [6, 6.07) is 20.3. The summed E-state index contributed by atoms with van der Waals surface area (Å²) >= 11 is 0. The first kappa shape index (κ1) is 20.4. The first-order valence-electron chi connectivity index (χ1n) is 11.0. The molecule has 4 nitrogen and oxygen atoms in total. The third-order valence-corrected chi connectivity index (χ3v) is 6.16. The van der Waals surface area contributed by atoms with E-state index < -0.39 is 0 Å². The Balaban J connectivity index is 1.45. The Morgan fingerprint density at radius 3 is 2.07 bits per heavy atom. The maximum absolute atomic E-state index is 13.6. The Hall–Kier alpha value is -2.88. The van der Waals surface area contributed by atoms with Gasteiger partial charge in [-0.05, 0) is 29.9 Å². The van der Waals surface area contributed by atoms with Gasteiger partial charge in [-0.3, -0.25) is 4.79 Å². The minimum absolute atomic E-state index is 0.219. The topological polar surface area (TPSA) is 38.1 Å². The smallest absolute Gasteiger partial charge is 0.234 e. The molecule has 0 saturated carbocycles. The zero-order valence-corrected chi connectivity index (χ0v) is 17.9. The quantitative estimate of drug-likeness (QED) is 0.578. The van der Waals surface area contributed by atoms with Gasteiger partial charge in [0.2, 0.25) is 5.91 Å². The minimum Gasteiger partial charge on any atom is -0.342 e. The highest BCUT2D eigenvalue weighted by molar-refractivity contribution is 5.87. The van der Waals surface area contributed by atoms with E-state index >= 15 is 0 Å². The van der Waals surface area contributed by atoms with Gasteiger partial charge in [0.1, 0.15) is 5.82 Å². The number of aromatic nitrogens is 2. The number of hydrogen-bond donors (Lipinski definition) is 0. The van der Waals surface area contributed by atoms with E-state index in [9.17, 15) is 4.79 Å². The summed E-state index contributed by atoms with van der Waals surface area (Å²) in [5.41, 5.74) is 2.13. The predicted octanol–water partition coefficient (Wildman–Crippen LogP) is 5.08. The van der Waals surface area contributed by atoms with Crippen LogP contribution in [0.2, 0.25) is 0 Å². The molecule has 0 N–H and O–H groups in total. The Morgan fingerprint density at radius 1 is 0.967 bits per heavy atom. The lowest BCUT2D eigenvalue weighted by molar-refractivity contribution is -0.133. The summed E-state index contributed by atoms with van der Waals surface area (Å²) in [6.07, 6.45) is 6.07. The third kappa shape index (κ3) is 4.48. The Morgan fingerprint density at radius 2 is 1.53 bits per heavy atom. The molecule has 0 unspecified atom stereocenters. The van der Waals surface area contributed by atoms with Crippen LogP contribution in [0.5, 0.6) is 0 Å². The van der Waals surface area contributed by atoms with Crippen molar-refractivity contribution in [3.63, 3.8) is 0 Å². The van der Waals surface area contributed by atoms with Crippen LogP contribution >= 0.6 is 0 Å². The first-order chi connectivity index (χ1) is 14.6. The van der Waals surface area contributed by atoms with Crippen LogP contribution in [0.1, 0.15) is 55.5 Å². The van der Waals surface area contributed by atoms with Gasteiger partial charge in [0.25, 0.3) is 0 Å². The van der Waals surface area contributed by atoms with Crippen molar-refractivity contribution in [2.45, 2.75) is 45.1 Å². The maximum atomic E-state index is 13.6. The number of rotatable bonds is 6. The fourth-order valence-corrected chi connectivity index (χ4v) is 4.54. The number of amides is 1. The van der Waals surface area contributed by atoms with Crippen LogP contribution in [0.25, 0.3) is 0 Å². The summed E-state index contributed by atoms with van der Waals surface area (Å²) in [4.78, 5) is 20.2. The molecule has 30 heavy (non-hydrogen) atoms. The van der Waals surface area contributed by atoms with Crippen LogP contribution in [0.4, 0.5) is 0 Å². The lowest BCUT2D eigenvalue weighted by Crippen LogP contribution is -2.42. The van der Waals surface area contributed by atoms with Crippen molar-refractivity contribution in [1.82, 2.24) is 14.5 Å². The molecule has 2 aromatic carbocycles. The molecule has 1 saturated heterocycles. The lowest BCUT2D eigenvalue weighted by atomic mass is 9.88. The van der Waals surface area contributed by atoms with Crippen LogP contribution in [-0.2, 0) is 11.3 Å². The van der Waals surface area contributed by atoms with Gasteiger partial charge in [0, 0.05) is 37.9 Å². The molecule has 0 atom stereocenters. The molecular formula is C26H31N3O. The first-order valence-corrected chi connectivity index (χ1v) is 11.0. The molecule has 1 amide bonds. The van der Waals surface area contributed by atoms with Crippen molar-refractivity contribution in [3.8, 4) is 0 Å². The van der Waals surface area contributed by atoms with Crippen LogP contribution in [0.15, 0.2) is 73.1 Å². The molecule has 0 aliphatic carbocycles. The zero-order valence-electron chi connectivity index (χ0n) is 17.9. The van der Waals surface area contributed by atoms with E-state index in [-0.39, 0.29) is 11.8 Å². The number of carbonyl (C=O) groups excluding carboxylic acids is 1. The highest BCUT2D eigenvalue weighted by Crippen LogP contribution is 2.29. The second-order valence-corrected chi connectivity index (χ2v) is 8.62. The van der Waals surface area contributed by atoms with Crippen LogP contribution < -0.4 is 0 Å². The summed E-state index contributed by atoms with van der Waals surface area (Å²) in [5.74, 6) is 2.16. The largest absolute Gasteiger partial charge is 0.342 e. The zero-order chi connectivity index (χ0) is 20.9. The molecule has 4 rings (SSSR count). The molecule has 1 aromatic heterocycles. The van der Waals surface area contributed by atoms with Gasteiger partial charge < -0.3 is 9.47 Å². The number of likely N-dealkylation sites (tertiary alicyclic amines) is 1. The molecule has 1 aliphatic heterocycles. The van der Waals surface area contributed by atoms with E-state index in [1.54, 1.807) is 0 Å². The van der Waals surface area contributed by atoms with Gasteiger partial charge in [0.05, 0.1) is 5.92 Å².